The number of hydrogen-bond acceptors (Lipinski definition) is 5. The van der Waals surface area contributed by atoms with Crippen molar-refractivity contribution in [3.63, 3.8) is 0 Å². The van der Waals surface area contributed by atoms with Gasteiger partial charge in [0, 0.05) is 6.54 Å². The smallest absolute Gasteiger partial charge is 0.396 e. The van der Waals surface area contributed by atoms with Gasteiger partial charge in [0.25, 0.3) is 0 Å². The molecule has 0 bridgehead atoms. The van der Waals surface area contributed by atoms with Gasteiger partial charge < -0.3 is 12.6 Å². The zero-order valence-electron chi connectivity index (χ0n) is 4.04. The number of halogens is 1. The fraction of sp³-hybridized carbons (Fsp3) is 1.00. The minimum atomic E-state index is -3.60. The van der Waals surface area contributed by atoms with Crippen molar-refractivity contribution in [3.05, 3.63) is 0 Å². The molecule has 0 aliphatic heterocycles. The molecular formula is C2H7IN2O3. The molecule has 0 amide bonds. The van der Waals surface area contributed by atoms with E-state index < -0.39 is 27.3 Å². The quantitative estimate of drug-likeness (QED) is 0.373. The lowest BCUT2D eigenvalue weighted by molar-refractivity contribution is -1.63. The predicted octanol–water partition coefficient (Wildman–Crippen LogP) is -6.66. The van der Waals surface area contributed by atoms with E-state index in [9.17, 15) is 6.87 Å². The zero-order valence-corrected chi connectivity index (χ0v) is 6.20. The second kappa shape index (κ2) is 4.41. The van der Waals surface area contributed by atoms with E-state index in [-0.39, 0.29) is 6.54 Å². The minimum absolute atomic E-state index is 0.0263. The van der Waals surface area contributed by atoms with Crippen LogP contribution in [0.15, 0.2) is 0 Å². The molecule has 0 aromatic carbocycles. The van der Waals surface area contributed by atoms with Gasteiger partial charge in [0.2, 0.25) is 6.23 Å². The van der Waals surface area contributed by atoms with Gasteiger partial charge in [-0.2, -0.15) is 0 Å². The summed E-state index contributed by atoms with van der Waals surface area (Å²) >= 11 is -3.60. The van der Waals surface area contributed by atoms with Crippen molar-refractivity contribution in [2.75, 3.05) is 6.54 Å². The summed E-state index contributed by atoms with van der Waals surface area (Å²) in [5, 5.41) is 0. The van der Waals surface area contributed by atoms with Crippen LogP contribution in [0.5, 0.6) is 0 Å². The van der Waals surface area contributed by atoms with Crippen LogP contribution in [0.3, 0.4) is 0 Å². The largest absolute Gasteiger partial charge is 0.508 e. The van der Waals surface area contributed by atoms with Gasteiger partial charge in [0.15, 0.2) is 0 Å². The molecule has 1 atom stereocenters. The highest BCUT2D eigenvalue weighted by molar-refractivity contribution is 4.39. The standard InChI is InChI=1S/C2H7IN2O3/c4-1-2(5)8-3(6)7/h2H,1,4-5H2. The highest BCUT2D eigenvalue weighted by Gasteiger charge is 2.17. The fourth-order valence-corrected chi connectivity index (χ4v) is 0.871. The maximum absolute atomic E-state index is 9.74. The number of hydrogen-bond donors (Lipinski definition) is 2. The molecule has 1 unspecified atom stereocenters. The summed E-state index contributed by atoms with van der Waals surface area (Å²) in [6.45, 7) is 0.0263. The zero-order chi connectivity index (χ0) is 6.57. The molecule has 0 rings (SSSR count). The van der Waals surface area contributed by atoms with Gasteiger partial charge in [-0.25, -0.2) is 0 Å². The van der Waals surface area contributed by atoms with E-state index in [0.29, 0.717) is 0 Å². The van der Waals surface area contributed by atoms with Crippen molar-refractivity contribution in [1.82, 2.24) is 0 Å². The first-order valence-corrected chi connectivity index (χ1v) is 4.49. The molecule has 0 saturated carbocycles. The SMILES string of the molecule is NCC(N)O[I+2]([O-])[O-]. The van der Waals surface area contributed by atoms with Crippen LogP contribution in [0.2, 0.25) is 0 Å². The Labute approximate surface area is 55.7 Å². The van der Waals surface area contributed by atoms with E-state index in [1.807, 2.05) is 0 Å². The average Bonchev–Trinajstić information content (AvgIpc) is 1.65. The average molecular weight is 234 g/mol. The molecule has 0 aromatic heterocycles. The third-order valence-electron chi connectivity index (χ3n) is 0.419. The van der Waals surface area contributed by atoms with Gasteiger partial charge in [-0.05, 0) is 3.07 Å². The molecule has 50 valence electrons. The molecule has 8 heavy (non-hydrogen) atoms. The van der Waals surface area contributed by atoms with Crippen molar-refractivity contribution in [2.45, 2.75) is 6.23 Å². The summed E-state index contributed by atoms with van der Waals surface area (Å²) in [6.07, 6.45) is -0.852. The van der Waals surface area contributed by atoms with E-state index in [1.165, 1.54) is 0 Å². The van der Waals surface area contributed by atoms with Crippen molar-refractivity contribution < 1.29 is 31.0 Å². The number of nitrogens with two attached hydrogens (primary N) is 2. The molecule has 0 heterocycles. The topological polar surface area (TPSA) is 107 Å². The van der Waals surface area contributed by atoms with Gasteiger partial charge in [0.05, 0.1) is 0 Å². The van der Waals surface area contributed by atoms with E-state index in [0.717, 1.165) is 0 Å². The van der Waals surface area contributed by atoms with Gasteiger partial charge in [-0.3, -0.25) is 5.73 Å². The molecule has 4 N–H and O–H groups in total. The predicted molar refractivity (Wildman–Crippen MR) is 18.1 cm³/mol. The Hall–Kier alpha value is 0.530. The summed E-state index contributed by atoms with van der Waals surface area (Å²) < 4.78 is 23.6. The monoisotopic (exact) mass is 234 g/mol. The lowest BCUT2D eigenvalue weighted by Gasteiger charge is -1.97. The van der Waals surface area contributed by atoms with Crippen LogP contribution >= 0.6 is 0 Å². The van der Waals surface area contributed by atoms with Crippen molar-refractivity contribution >= 4 is 0 Å². The molecule has 5 nitrogen and oxygen atoms in total. The van der Waals surface area contributed by atoms with Crippen molar-refractivity contribution in [3.8, 4) is 0 Å². The van der Waals surface area contributed by atoms with Gasteiger partial charge >= 0.3 is 21.1 Å². The molecule has 0 saturated heterocycles. The van der Waals surface area contributed by atoms with Crippen LogP contribution in [-0.2, 0) is 3.07 Å². The second-order valence-corrected chi connectivity index (χ2v) is 2.64. The maximum Gasteiger partial charge on any atom is 0.508 e. The summed E-state index contributed by atoms with van der Waals surface area (Å²) in [7, 11) is 0. The Bertz CT molecular complexity index is 61.2. The fourth-order valence-electron chi connectivity index (χ4n) is 0.130. The summed E-state index contributed by atoms with van der Waals surface area (Å²) in [4.78, 5) is 0. The highest BCUT2D eigenvalue weighted by atomic mass is 127. The molecule has 0 spiro atoms. The molecule has 0 aromatic rings. The van der Waals surface area contributed by atoms with Crippen LogP contribution in [0.4, 0.5) is 0 Å². The van der Waals surface area contributed by atoms with E-state index in [1.54, 1.807) is 0 Å². The lowest BCUT2D eigenvalue weighted by Crippen LogP contribution is -3.99. The second-order valence-electron chi connectivity index (χ2n) is 1.05. The molecule has 0 fully saturated rings. The van der Waals surface area contributed by atoms with Crippen molar-refractivity contribution in [1.29, 1.82) is 0 Å². The third kappa shape index (κ3) is 4.68. The van der Waals surface area contributed by atoms with Crippen LogP contribution in [0.1, 0.15) is 0 Å². The molecule has 0 aliphatic rings. The Morgan fingerprint density at radius 2 is 2.12 bits per heavy atom. The van der Waals surface area contributed by atoms with E-state index in [2.05, 4.69) is 3.07 Å². The Morgan fingerprint density at radius 1 is 1.62 bits per heavy atom. The van der Waals surface area contributed by atoms with Crippen LogP contribution < -0.4 is 39.4 Å². The first kappa shape index (κ1) is 8.53. The van der Waals surface area contributed by atoms with E-state index >= 15 is 0 Å². The Kier molecular flexibility index (Phi) is 4.71. The van der Waals surface area contributed by atoms with Gasteiger partial charge in [-0.1, -0.05) is 0 Å². The molecule has 6 heteroatoms. The Morgan fingerprint density at radius 3 is 2.25 bits per heavy atom. The molecule has 0 aliphatic carbocycles. The minimum Gasteiger partial charge on any atom is -0.396 e. The van der Waals surface area contributed by atoms with Crippen LogP contribution in [0, 0.1) is 0 Å². The number of rotatable bonds is 3. The first-order chi connectivity index (χ1) is 3.66. The molecular weight excluding hydrogens is 227 g/mol. The van der Waals surface area contributed by atoms with Gasteiger partial charge in [0.1, 0.15) is 0 Å². The summed E-state index contributed by atoms with van der Waals surface area (Å²) in [6, 6.07) is 0. The Balaban J connectivity index is 3.10. The van der Waals surface area contributed by atoms with Crippen molar-refractivity contribution in [2.24, 2.45) is 11.5 Å². The van der Waals surface area contributed by atoms with E-state index in [4.69, 9.17) is 11.5 Å². The maximum atomic E-state index is 9.74. The lowest BCUT2D eigenvalue weighted by atomic mass is 10.6. The van der Waals surface area contributed by atoms with Crippen LogP contribution in [0.25, 0.3) is 0 Å². The molecule has 0 radical (unpaired) electrons. The summed E-state index contributed by atoms with van der Waals surface area (Å²) in [5.74, 6) is 0. The highest BCUT2D eigenvalue weighted by Crippen LogP contribution is 1.60. The van der Waals surface area contributed by atoms with Crippen LogP contribution in [-0.4, -0.2) is 12.8 Å². The normalized spacial score (nSPS) is 14.6. The first-order valence-electron chi connectivity index (χ1n) is 1.85. The third-order valence-corrected chi connectivity index (χ3v) is 1.49. The summed E-state index contributed by atoms with van der Waals surface area (Å²) in [5.41, 5.74) is 9.88. The van der Waals surface area contributed by atoms with Gasteiger partial charge in [-0.15, -0.1) is 0 Å².